The highest BCUT2D eigenvalue weighted by Gasteiger charge is 2.14. The summed E-state index contributed by atoms with van der Waals surface area (Å²) >= 11 is 12.1. The molecule has 3 rings (SSSR count). The quantitative estimate of drug-likeness (QED) is 0.591. The molecule has 5 heteroatoms. The van der Waals surface area contributed by atoms with E-state index in [1.807, 2.05) is 49.4 Å². The summed E-state index contributed by atoms with van der Waals surface area (Å²) < 4.78 is 0. The summed E-state index contributed by atoms with van der Waals surface area (Å²) in [6.45, 7) is 2.71. The zero-order valence-electron chi connectivity index (χ0n) is 12.6. The molecule has 2 aromatic carbocycles. The smallest absolute Gasteiger partial charge is 0.224 e. The van der Waals surface area contributed by atoms with Crippen LogP contribution in [-0.2, 0) is 6.54 Å². The highest BCUT2D eigenvalue weighted by Crippen LogP contribution is 2.31. The van der Waals surface area contributed by atoms with Crippen LogP contribution in [0.2, 0.25) is 10.3 Å². The van der Waals surface area contributed by atoms with Gasteiger partial charge in [0.2, 0.25) is 5.28 Å². The first-order valence-corrected chi connectivity index (χ1v) is 7.95. The van der Waals surface area contributed by atoms with Crippen LogP contribution in [0.4, 0.5) is 11.5 Å². The molecule has 0 spiro atoms. The van der Waals surface area contributed by atoms with Crippen molar-refractivity contribution >= 4 is 34.7 Å². The van der Waals surface area contributed by atoms with E-state index in [9.17, 15) is 0 Å². The van der Waals surface area contributed by atoms with E-state index in [1.165, 1.54) is 5.56 Å². The Labute approximate surface area is 145 Å². The van der Waals surface area contributed by atoms with Crippen molar-refractivity contribution in [2.24, 2.45) is 0 Å². The fourth-order valence-electron chi connectivity index (χ4n) is 2.45. The van der Waals surface area contributed by atoms with Crippen LogP contribution in [0, 0.1) is 6.92 Å². The maximum atomic E-state index is 6.09. The molecule has 0 bridgehead atoms. The maximum Gasteiger partial charge on any atom is 0.224 e. The van der Waals surface area contributed by atoms with Gasteiger partial charge in [0, 0.05) is 23.5 Å². The maximum absolute atomic E-state index is 6.09. The van der Waals surface area contributed by atoms with Crippen LogP contribution in [-0.4, -0.2) is 9.97 Å². The summed E-state index contributed by atoms with van der Waals surface area (Å²) in [7, 11) is 0. The summed E-state index contributed by atoms with van der Waals surface area (Å²) in [5.74, 6) is 0.749. The second-order valence-corrected chi connectivity index (χ2v) is 5.96. The Hall–Kier alpha value is -2.10. The van der Waals surface area contributed by atoms with Crippen LogP contribution in [0.5, 0.6) is 0 Å². The van der Waals surface area contributed by atoms with Gasteiger partial charge in [-0.3, -0.25) is 0 Å². The molecule has 1 aromatic heterocycles. The number of rotatable bonds is 4. The highest BCUT2D eigenvalue weighted by molar-refractivity contribution is 6.30. The first-order valence-electron chi connectivity index (χ1n) is 7.19. The molecule has 0 radical (unpaired) electrons. The Morgan fingerprint density at radius 2 is 1.78 bits per heavy atom. The molecule has 0 aliphatic rings. The lowest BCUT2D eigenvalue weighted by Gasteiger charge is -2.26. The molecule has 0 saturated carbocycles. The molecule has 1 heterocycles. The van der Waals surface area contributed by atoms with E-state index in [1.54, 1.807) is 6.20 Å². The van der Waals surface area contributed by atoms with Crippen LogP contribution in [0.1, 0.15) is 11.1 Å². The first kappa shape index (κ1) is 15.8. The number of anilines is 2. The van der Waals surface area contributed by atoms with Crippen molar-refractivity contribution < 1.29 is 0 Å². The minimum atomic E-state index is 0.229. The fourth-order valence-corrected chi connectivity index (χ4v) is 2.82. The van der Waals surface area contributed by atoms with Gasteiger partial charge < -0.3 is 4.90 Å². The lowest BCUT2D eigenvalue weighted by molar-refractivity contribution is 0.933. The molecule has 0 aliphatic carbocycles. The van der Waals surface area contributed by atoms with Gasteiger partial charge in [0.25, 0.3) is 0 Å². The standard InChI is InChI=1S/C18H15Cl2N3/c1-13-11-15(19)7-8-16(13)23(12-14-5-3-2-4-6-14)17-9-10-21-18(20)22-17/h2-11H,12H2,1H3. The van der Waals surface area contributed by atoms with Gasteiger partial charge in [-0.15, -0.1) is 0 Å². The van der Waals surface area contributed by atoms with Crippen molar-refractivity contribution in [3.05, 3.63) is 82.2 Å². The van der Waals surface area contributed by atoms with Gasteiger partial charge in [-0.2, -0.15) is 0 Å². The number of nitrogens with zero attached hydrogens (tertiary/aromatic N) is 3. The SMILES string of the molecule is Cc1cc(Cl)ccc1N(Cc1ccccc1)c1ccnc(Cl)n1. The van der Waals surface area contributed by atoms with E-state index in [-0.39, 0.29) is 5.28 Å². The van der Waals surface area contributed by atoms with Crippen LogP contribution in [0.25, 0.3) is 0 Å². The monoisotopic (exact) mass is 343 g/mol. The van der Waals surface area contributed by atoms with E-state index >= 15 is 0 Å². The predicted octanol–water partition coefficient (Wildman–Crippen LogP) is 5.43. The molecule has 3 nitrogen and oxygen atoms in total. The largest absolute Gasteiger partial charge is 0.322 e. The summed E-state index contributed by atoms with van der Waals surface area (Å²) in [5.41, 5.74) is 3.28. The summed E-state index contributed by atoms with van der Waals surface area (Å²) in [4.78, 5) is 10.4. The second-order valence-electron chi connectivity index (χ2n) is 5.19. The molecule has 0 amide bonds. The van der Waals surface area contributed by atoms with E-state index in [4.69, 9.17) is 23.2 Å². The Morgan fingerprint density at radius 1 is 1.00 bits per heavy atom. The van der Waals surface area contributed by atoms with Gasteiger partial charge in [-0.25, -0.2) is 9.97 Å². The first-order chi connectivity index (χ1) is 11.1. The summed E-state index contributed by atoms with van der Waals surface area (Å²) in [5, 5.41) is 0.943. The molecule has 116 valence electrons. The van der Waals surface area contributed by atoms with Gasteiger partial charge in [-0.1, -0.05) is 41.9 Å². The van der Waals surface area contributed by atoms with Crippen LogP contribution < -0.4 is 4.90 Å². The molecule has 0 fully saturated rings. The topological polar surface area (TPSA) is 29.0 Å². The van der Waals surface area contributed by atoms with Gasteiger partial charge in [0.15, 0.2) is 0 Å². The molecule has 0 N–H and O–H groups in total. The van der Waals surface area contributed by atoms with E-state index in [0.717, 1.165) is 17.1 Å². The number of hydrogen-bond acceptors (Lipinski definition) is 3. The van der Waals surface area contributed by atoms with Gasteiger partial charge in [0.1, 0.15) is 5.82 Å². The molecule has 3 aromatic rings. The average Bonchev–Trinajstić information content (AvgIpc) is 2.54. The van der Waals surface area contributed by atoms with E-state index < -0.39 is 0 Å². The number of aryl methyl sites for hydroxylation is 1. The fraction of sp³-hybridized carbons (Fsp3) is 0.111. The van der Waals surface area contributed by atoms with Crippen LogP contribution in [0.15, 0.2) is 60.8 Å². The van der Waals surface area contributed by atoms with E-state index in [0.29, 0.717) is 11.6 Å². The summed E-state index contributed by atoms with van der Waals surface area (Å²) in [6, 6.07) is 17.9. The third-order valence-electron chi connectivity index (χ3n) is 3.52. The zero-order valence-corrected chi connectivity index (χ0v) is 14.1. The Balaban J connectivity index is 2.06. The van der Waals surface area contributed by atoms with Gasteiger partial charge in [-0.05, 0) is 53.9 Å². The molecule has 0 saturated heterocycles. The molecular weight excluding hydrogens is 329 g/mol. The zero-order chi connectivity index (χ0) is 16.2. The Bertz CT molecular complexity index is 806. The van der Waals surface area contributed by atoms with Crippen molar-refractivity contribution in [1.29, 1.82) is 0 Å². The lowest BCUT2D eigenvalue weighted by atomic mass is 10.1. The van der Waals surface area contributed by atoms with Crippen molar-refractivity contribution in [1.82, 2.24) is 9.97 Å². The van der Waals surface area contributed by atoms with Crippen molar-refractivity contribution in [2.75, 3.05) is 4.90 Å². The normalized spacial score (nSPS) is 10.6. The Kier molecular flexibility index (Phi) is 4.79. The molecule has 0 atom stereocenters. The third kappa shape index (κ3) is 3.81. The van der Waals surface area contributed by atoms with Crippen molar-refractivity contribution in [3.8, 4) is 0 Å². The second kappa shape index (κ2) is 6.99. The van der Waals surface area contributed by atoms with Gasteiger partial charge in [0.05, 0.1) is 0 Å². The minimum absolute atomic E-state index is 0.229. The predicted molar refractivity (Wildman–Crippen MR) is 95.5 cm³/mol. The third-order valence-corrected chi connectivity index (χ3v) is 3.94. The van der Waals surface area contributed by atoms with Crippen molar-refractivity contribution in [3.63, 3.8) is 0 Å². The number of halogens is 2. The molecule has 0 unspecified atom stereocenters. The van der Waals surface area contributed by atoms with Gasteiger partial charge >= 0.3 is 0 Å². The number of benzene rings is 2. The van der Waals surface area contributed by atoms with Crippen molar-refractivity contribution in [2.45, 2.75) is 13.5 Å². The number of hydrogen-bond donors (Lipinski definition) is 0. The Morgan fingerprint density at radius 3 is 2.48 bits per heavy atom. The minimum Gasteiger partial charge on any atom is -0.322 e. The lowest BCUT2D eigenvalue weighted by Crippen LogP contribution is -2.19. The molecule has 0 aliphatic heterocycles. The average molecular weight is 344 g/mol. The molecule has 23 heavy (non-hydrogen) atoms. The summed E-state index contributed by atoms with van der Waals surface area (Å²) in [6.07, 6.45) is 1.66. The highest BCUT2D eigenvalue weighted by atomic mass is 35.5. The van der Waals surface area contributed by atoms with E-state index in [2.05, 4.69) is 27.0 Å². The van der Waals surface area contributed by atoms with Crippen LogP contribution in [0.3, 0.4) is 0 Å². The molecular formula is C18H15Cl2N3. The number of aromatic nitrogens is 2. The van der Waals surface area contributed by atoms with Crippen LogP contribution >= 0.6 is 23.2 Å².